The molecule has 1 aromatic carbocycles. The van der Waals surface area contributed by atoms with E-state index < -0.39 is 29.9 Å². The van der Waals surface area contributed by atoms with E-state index >= 15 is 0 Å². The first kappa shape index (κ1) is 17.5. The molecule has 3 nitrogen and oxygen atoms in total. The molecule has 6 heteroatoms. The largest absolute Gasteiger partial charge is 0.496 e. The number of ether oxygens (including phenoxy) is 1. The summed E-state index contributed by atoms with van der Waals surface area (Å²) in [5.74, 6) is 0.426. The van der Waals surface area contributed by atoms with Gasteiger partial charge in [-0.05, 0) is 29.5 Å². The molecule has 0 spiro atoms. The van der Waals surface area contributed by atoms with Gasteiger partial charge in [-0.1, -0.05) is 26.0 Å². The lowest BCUT2D eigenvalue weighted by atomic mass is 9.74. The number of hydrogen-bond acceptors (Lipinski definition) is 3. The minimum atomic E-state index is -5.02. The first-order chi connectivity index (χ1) is 9.47. The number of halogens is 3. The number of aldehydes is 1. The summed E-state index contributed by atoms with van der Waals surface area (Å²) in [6, 6.07) is 5.09. The lowest BCUT2D eigenvalue weighted by Crippen LogP contribution is -2.50. The van der Waals surface area contributed by atoms with Crippen LogP contribution in [0.15, 0.2) is 18.2 Å². The van der Waals surface area contributed by atoms with Gasteiger partial charge in [0.1, 0.15) is 5.75 Å². The summed E-state index contributed by atoms with van der Waals surface area (Å²) in [4.78, 5) is 10.8. The molecule has 0 saturated heterocycles. The van der Waals surface area contributed by atoms with Crippen molar-refractivity contribution in [1.82, 2.24) is 0 Å². The van der Waals surface area contributed by atoms with Crippen molar-refractivity contribution in [3.05, 3.63) is 29.3 Å². The molecule has 1 N–H and O–H groups in total. The number of alkyl halides is 3. The van der Waals surface area contributed by atoms with Crippen LogP contribution in [0.1, 0.15) is 31.4 Å². The third-order valence-electron chi connectivity index (χ3n) is 3.48. The number of aliphatic hydroxyl groups is 1. The second-order valence-electron chi connectivity index (χ2n) is 5.80. The molecular weight excluding hydrogens is 285 g/mol. The monoisotopic (exact) mass is 304 g/mol. The number of carbonyl (C=O) groups excluding carboxylic acids is 1. The Bertz CT molecular complexity index is 523. The molecule has 0 fully saturated rings. The van der Waals surface area contributed by atoms with Gasteiger partial charge >= 0.3 is 6.18 Å². The lowest BCUT2D eigenvalue weighted by Gasteiger charge is -2.35. The van der Waals surface area contributed by atoms with Crippen molar-refractivity contribution >= 4 is 6.29 Å². The van der Waals surface area contributed by atoms with E-state index in [0.717, 1.165) is 5.56 Å². The maximum atomic E-state index is 12.9. The molecule has 0 saturated carbocycles. The van der Waals surface area contributed by atoms with E-state index in [1.165, 1.54) is 21.0 Å². The van der Waals surface area contributed by atoms with E-state index in [1.807, 2.05) is 6.92 Å². The van der Waals surface area contributed by atoms with E-state index in [-0.39, 0.29) is 0 Å². The molecule has 0 aliphatic carbocycles. The van der Waals surface area contributed by atoms with Gasteiger partial charge in [0.25, 0.3) is 0 Å². The zero-order chi connectivity index (χ0) is 16.5. The van der Waals surface area contributed by atoms with Gasteiger partial charge in [0.15, 0.2) is 6.29 Å². The zero-order valence-corrected chi connectivity index (χ0v) is 12.4. The summed E-state index contributed by atoms with van der Waals surface area (Å²) in [6.07, 6.45) is -6.26. The van der Waals surface area contributed by atoms with Gasteiger partial charge in [-0.2, -0.15) is 13.2 Å². The van der Waals surface area contributed by atoms with Crippen LogP contribution in [0.2, 0.25) is 0 Å². The van der Waals surface area contributed by atoms with Crippen LogP contribution < -0.4 is 4.74 Å². The van der Waals surface area contributed by atoms with Crippen LogP contribution >= 0.6 is 0 Å². The van der Waals surface area contributed by atoms with Gasteiger partial charge in [0.2, 0.25) is 5.60 Å². The van der Waals surface area contributed by atoms with Crippen molar-refractivity contribution in [2.45, 2.75) is 44.4 Å². The maximum absolute atomic E-state index is 12.9. The molecule has 0 radical (unpaired) electrons. The number of carbonyl (C=O) groups is 1. The highest BCUT2D eigenvalue weighted by molar-refractivity contribution is 5.64. The molecule has 0 aromatic heterocycles. The van der Waals surface area contributed by atoms with Crippen LogP contribution in [0.25, 0.3) is 0 Å². The molecule has 0 aliphatic rings. The summed E-state index contributed by atoms with van der Waals surface area (Å²) in [5.41, 5.74) is -3.09. The highest BCUT2D eigenvalue weighted by atomic mass is 19.4. The average molecular weight is 304 g/mol. The van der Waals surface area contributed by atoms with E-state index in [0.29, 0.717) is 11.3 Å². The summed E-state index contributed by atoms with van der Waals surface area (Å²) in [6.45, 7) is 4.89. The number of methoxy groups -OCH3 is 1. The molecule has 1 unspecified atom stereocenters. The van der Waals surface area contributed by atoms with Crippen molar-refractivity contribution in [2.75, 3.05) is 7.11 Å². The second kappa shape index (κ2) is 5.67. The van der Waals surface area contributed by atoms with Gasteiger partial charge in [0, 0.05) is 6.42 Å². The molecule has 1 atom stereocenters. The first-order valence-corrected chi connectivity index (χ1v) is 6.37. The average Bonchev–Trinajstić information content (AvgIpc) is 2.36. The molecular formula is C15H19F3O3. The Morgan fingerprint density at radius 1 is 1.29 bits per heavy atom. The Morgan fingerprint density at radius 3 is 2.29 bits per heavy atom. The van der Waals surface area contributed by atoms with Crippen molar-refractivity contribution < 1.29 is 27.8 Å². The smallest absolute Gasteiger partial charge is 0.424 e. The normalized spacial score (nSPS) is 15.4. The minimum absolute atomic E-state index is 0.426. The highest BCUT2D eigenvalue weighted by Crippen LogP contribution is 2.42. The molecule has 1 aromatic rings. The van der Waals surface area contributed by atoms with Crippen LogP contribution in [0.3, 0.4) is 0 Å². The minimum Gasteiger partial charge on any atom is -0.496 e. The number of benzene rings is 1. The van der Waals surface area contributed by atoms with Crippen LogP contribution in [-0.4, -0.2) is 30.3 Å². The van der Waals surface area contributed by atoms with Crippen LogP contribution in [-0.2, 0) is 10.2 Å². The molecule has 1 rings (SSSR count). The third-order valence-corrected chi connectivity index (χ3v) is 3.48. The highest BCUT2D eigenvalue weighted by Gasteiger charge is 2.56. The van der Waals surface area contributed by atoms with E-state index in [9.17, 15) is 23.1 Å². The maximum Gasteiger partial charge on any atom is 0.424 e. The van der Waals surface area contributed by atoms with E-state index in [2.05, 4.69) is 0 Å². The zero-order valence-electron chi connectivity index (χ0n) is 12.4. The number of hydrogen-bond donors (Lipinski definition) is 1. The molecule has 0 amide bonds. The fraction of sp³-hybridized carbons (Fsp3) is 0.533. The molecule has 0 aliphatic heterocycles. The Morgan fingerprint density at radius 2 is 1.86 bits per heavy atom. The Balaban J connectivity index is 3.26. The molecule has 21 heavy (non-hydrogen) atoms. The van der Waals surface area contributed by atoms with Crippen molar-refractivity contribution in [3.63, 3.8) is 0 Å². The quantitative estimate of drug-likeness (QED) is 0.850. The van der Waals surface area contributed by atoms with E-state index in [4.69, 9.17) is 4.74 Å². The third kappa shape index (κ3) is 3.56. The topological polar surface area (TPSA) is 46.5 Å². The van der Waals surface area contributed by atoms with Gasteiger partial charge < -0.3 is 9.84 Å². The van der Waals surface area contributed by atoms with Gasteiger partial charge in [-0.15, -0.1) is 0 Å². The van der Waals surface area contributed by atoms with Crippen molar-refractivity contribution in [1.29, 1.82) is 0 Å². The molecule has 118 valence electrons. The lowest BCUT2D eigenvalue weighted by molar-refractivity contribution is -0.250. The van der Waals surface area contributed by atoms with Crippen LogP contribution in [0.5, 0.6) is 5.75 Å². The van der Waals surface area contributed by atoms with Gasteiger partial charge in [0.05, 0.1) is 7.11 Å². The summed E-state index contributed by atoms with van der Waals surface area (Å²) < 4.78 is 43.8. The summed E-state index contributed by atoms with van der Waals surface area (Å²) in [7, 11) is 1.42. The fourth-order valence-electron chi connectivity index (χ4n) is 2.34. The predicted octanol–water partition coefficient (Wildman–Crippen LogP) is 3.16. The van der Waals surface area contributed by atoms with Gasteiger partial charge in [-0.25, -0.2) is 0 Å². The first-order valence-electron chi connectivity index (χ1n) is 6.37. The van der Waals surface area contributed by atoms with Gasteiger partial charge in [-0.3, -0.25) is 4.79 Å². The summed E-state index contributed by atoms with van der Waals surface area (Å²) in [5, 5.41) is 9.64. The number of aryl methyl sites for hydroxylation is 1. The number of rotatable bonds is 5. The fourth-order valence-corrected chi connectivity index (χ4v) is 2.34. The SMILES string of the molecule is COc1cc(C)ccc1C(C)(C)CC(O)(C=O)C(F)(F)F. The van der Waals surface area contributed by atoms with Crippen LogP contribution in [0.4, 0.5) is 13.2 Å². The second-order valence-corrected chi connectivity index (χ2v) is 5.80. The van der Waals surface area contributed by atoms with Crippen molar-refractivity contribution in [2.24, 2.45) is 0 Å². The van der Waals surface area contributed by atoms with Crippen molar-refractivity contribution in [3.8, 4) is 5.75 Å². The predicted molar refractivity (Wildman–Crippen MR) is 72.4 cm³/mol. The molecule has 0 bridgehead atoms. The Hall–Kier alpha value is -1.56. The summed E-state index contributed by atoms with van der Waals surface area (Å²) >= 11 is 0. The molecule has 0 heterocycles. The Kier molecular flexibility index (Phi) is 4.73. The standard InChI is InChI=1S/C15H19F3O3/c1-10-5-6-11(12(7-10)21-4)13(2,3)8-14(20,9-19)15(16,17)18/h5-7,9,20H,8H2,1-4H3. The van der Waals surface area contributed by atoms with E-state index in [1.54, 1.807) is 18.2 Å². The Labute approximate surface area is 121 Å². The van der Waals surface area contributed by atoms with Crippen LogP contribution in [0, 0.1) is 6.92 Å².